The Morgan fingerprint density at radius 1 is 1.12 bits per heavy atom. The van der Waals surface area contributed by atoms with Gasteiger partial charge < -0.3 is 4.90 Å². The summed E-state index contributed by atoms with van der Waals surface area (Å²) in [5.41, 5.74) is 2.72. The summed E-state index contributed by atoms with van der Waals surface area (Å²) in [6, 6.07) is 0. The Kier molecular flexibility index (Phi) is 2.27. The molecular weight excluding hydrogens is 118 g/mol. The Labute approximate surface area is 55.7 Å². The van der Waals surface area contributed by atoms with E-state index in [4.69, 9.17) is 0 Å². The van der Waals surface area contributed by atoms with Gasteiger partial charge in [-0.25, -0.2) is 0 Å². The predicted molar refractivity (Wildman–Crippen MR) is 38.0 cm³/mol. The zero-order valence-corrected chi connectivity index (χ0v) is 5.71. The van der Waals surface area contributed by atoms with E-state index in [-0.39, 0.29) is 0 Å². The van der Waals surface area contributed by atoms with Gasteiger partial charge in [-0.3, -0.25) is 0 Å². The molecule has 0 saturated carbocycles. The number of piperidine rings is 1. The molecule has 0 atom stereocenters. The van der Waals surface area contributed by atoms with Gasteiger partial charge in [0.1, 0.15) is 5.49 Å². The summed E-state index contributed by atoms with van der Waals surface area (Å²) < 4.78 is 0. The molecule has 0 bridgehead atoms. The fraction of sp³-hybridized carbons (Fsp3) is 0.833. The van der Waals surface area contributed by atoms with E-state index in [0.717, 1.165) is 13.1 Å². The Bertz CT molecular complexity index is 76.6. The normalized spacial score (nSPS) is 20.8. The molecular formula is C6H10NS. The van der Waals surface area contributed by atoms with Crippen molar-refractivity contribution in [2.24, 2.45) is 0 Å². The monoisotopic (exact) mass is 128 g/mol. The first kappa shape index (κ1) is 6.02. The average molecular weight is 128 g/mol. The van der Waals surface area contributed by atoms with E-state index in [1.165, 1.54) is 19.3 Å². The third-order valence-corrected chi connectivity index (χ3v) is 1.74. The van der Waals surface area contributed by atoms with Crippen molar-refractivity contribution in [2.45, 2.75) is 19.3 Å². The Hall–Kier alpha value is -0.110. The molecule has 1 fully saturated rings. The van der Waals surface area contributed by atoms with Gasteiger partial charge in [0, 0.05) is 13.1 Å². The van der Waals surface area contributed by atoms with Crippen LogP contribution in [0.4, 0.5) is 0 Å². The summed E-state index contributed by atoms with van der Waals surface area (Å²) in [5, 5.41) is 0. The van der Waals surface area contributed by atoms with Crippen molar-refractivity contribution in [2.75, 3.05) is 13.1 Å². The molecule has 1 nitrogen and oxygen atoms in total. The first-order valence-corrected chi connectivity index (χ1v) is 3.47. The zero-order valence-electron chi connectivity index (χ0n) is 4.89. The smallest absolute Gasteiger partial charge is 0.136 e. The third-order valence-electron chi connectivity index (χ3n) is 1.49. The number of nitrogens with zero attached hydrogens (tertiary/aromatic N) is 1. The second-order valence-corrected chi connectivity index (χ2v) is 2.32. The summed E-state index contributed by atoms with van der Waals surface area (Å²) in [6.07, 6.45) is 3.96. The van der Waals surface area contributed by atoms with Gasteiger partial charge in [-0.2, -0.15) is 0 Å². The number of likely N-dealkylation sites (tertiary alicyclic amines) is 1. The highest BCUT2D eigenvalue weighted by Crippen LogP contribution is 2.05. The summed E-state index contributed by atoms with van der Waals surface area (Å²) in [7, 11) is 0. The van der Waals surface area contributed by atoms with E-state index < -0.39 is 0 Å². The molecule has 0 aromatic rings. The zero-order chi connectivity index (χ0) is 5.82. The van der Waals surface area contributed by atoms with E-state index in [0.29, 0.717) is 0 Å². The van der Waals surface area contributed by atoms with E-state index in [1.54, 1.807) is 0 Å². The summed E-state index contributed by atoms with van der Waals surface area (Å²) in [5.74, 6) is 0. The van der Waals surface area contributed by atoms with Crippen LogP contribution in [0.3, 0.4) is 0 Å². The van der Waals surface area contributed by atoms with Crippen molar-refractivity contribution in [3.8, 4) is 0 Å². The third kappa shape index (κ3) is 1.44. The van der Waals surface area contributed by atoms with E-state index in [9.17, 15) is 0 Å². The minimum atomic E-state index is 1.13. The van der Waals surface area contributed by atoms with Crippen LogP contribution in [0.1, 0.15) is 19.3 Å². The number of hydrogen-bond donors (Lipinski definition) is 0. The molecule has 0 N–H and O–H groups in total. The van der Waals surface area contributed by atoms with Crippen LogP contribution in [-0.2, 0) is 0 Å². The lowest BCUT2D eigenvalue weighted by molar-refractivity contribution is 0.355. The Morgan fingerprint density at radius 2 is 1.75 bits per heavy atom. The molecule has 8 heavy (non-hydrogen) atoms. The molecule has 0 spiro atoms. The predicted octanol–water partition coefficient (Wildman–Crippen LogP) is 1.31. The maximum atomic E-state index is 4.65. The second kappa shape index (κ2) is 3.02. The van der Waals surface area contributed by atoms with Gasteiger partial charge in [0.05, 0.1) is 0 Å². The van der Waals surface area contributed by atoms with Gasteiger partial charge in [0.15, 0.2) is 0 Å². The lowest BCUT2D eigenvalue weighted by Crippen LogP contribution is -2.27. The van der Waals surface area contributed by atoms with Crippen LogP contribution in [0.5, 0.6) is 0 Å². The molecule has 45 valence electrons. The van der Waals surface area contributed by atoms with Crippen LogP contribution in [0, 0.1) is 0 Å². The highest BCUT2D eigenvalue weighted by atomic mass is 32.1. The SMILES string of the molecule is S=[C]N1CCCCC1. The molecule has 1 heterocycles. The molecule has 1 aliphatic rings. The van der Waals surface area contributed by atoms with Gasteiger partial charge in [0.2, 0.25) is 0 Å². The van der Waals surface area contributed by atoms with Crippen molar-refractivity contribution < 1.29 is 0 Å². The summed E-state index contributed by atoms with van der Waals surface area (Å²) in [4.78, 5) is 2.08. The molecule has 0 amide bonds. The van der Waals surface area contributed by atoms with Gasteiger partial charge in [-0.1, -0.05) is 12.2 Å². The largest absolute Gasteiger partial charge is 0.360 e. The minimum absolute atomic E-state index is 1.13. The van der Waals surface area contributed by atoms with Crippen LogP contribution < -0.4 is 0 Å². The standard InChI is InChI=1S/C6H10NS/c8-6-7-4-2-1-3-5-7/h1-5H2. The fourth-order valence-corrected chi connectivity index (χ4v) is 1.17. The lowest BCUT2D eigenvalue weighted by Gasteiger charge is -2.22. The number of rotatable bonds is 1. The van der Waals surface area contributed by atoms with E-state index >= 15 is 0 Å². The second-order valence-electron chi connectivity index (χ2n) is 2.14. The lowest BCUT2D eigenvalue weighted by atomic mass is 10.1. The molecule has 2 heteroatoms. The Morgan fingerprint density at radius 3 is 2.12 bits per heavy atom. The average Bonchev–Trinajstić information content (AvgIpc) is 1.90. The molecule has 1 radical (unpaired) electrons. The summed E-state index contributed by atoms with van der Waals surface area (Å²) >= 11 is 4.65. The molecule has 0 aromatic heterocycles. The van der Waals surface area contributed by atoms with E-state index in [2.05, 4.69) is 22.6 Å². The van der Waals surface area contributed by atoms with Gasteiger partial charge in [-0.15, -0.1) is 0 Å². The van der Waals surface area contributed by atoms with Crippen LogP contribution in [0.25, 0.3) is 0 Å². The van der Waals surface area contributed by atoms with Crippen LogP contribution in [0.15, 0.2) is 0 Å². The van der Waals surface area contributed by atoms with Crippen molar-refractivity contribution in [1.82, 2.24) is 4.90 Å². The summed E-state index contributed by atoms with van der Waals surface area (Å²) in [6.45, 7) is 2.26. The van der Waals surface area contributed by atoms with Gasteiger partial charge in [-0.05, 0) is 19.3 Å². The van der Waals surface area contributed by atoms with Crippen molar-refractivity contribution in [1.29, 1.82) is 0 Å². The number of hydrogen-bond acceptors (Lipinski definition) is 1. The van der Waals surface area contributed by atoms with Crippen molar-refractivity contribution in [3.05, 3.63) is 0 Å². The van der Waals surface area contributed by atoms with Crippen molar-refractivity contribution in [3.63, 3.8) is 0 Å². The van der Waals surface area contributed by atoms with Gasteiger partial charge in [0.25, 0.3) is 0 Å². The molecule has 0 unspecified atom stereocenters. The van der Waals surface area contributed by atoms with Crippen LogP contribution in [-0.4, -0.2) is 23.5 Å². The highest BCUT2D eigenvalue weighted by Gasteiger charge is 2.04. The first-order chi connectivity index (χ1) is 3.93. The fourth-order valence-electron chi connectivity index (χ4n) is 0.985. The Balaban J connectivity index is 2.22. The molecule has 0 aliphatic carbocycles. The topological polar surface area (TPSA) is 3.24 Å². The minimum Gasteiger partial charge on any atom is -0.360 e. The van der Waals surface area contributed by atoms with Crippen molar-refractivity contribution >= 4 is 17.7 Å². The first-order valence-electron chi connectivity index (χ1n) is 3.06. The maximum absolute atomic E-state index is 4.65. The van der Waals surface area contributed by atoms with E-state index in [1.807, 2.05) is 0 Å². The molecule has 0 aromatic carbocycles. The van der Waals surface area contributed by atoms with Crippen LogP contribution in [0.2, 0.25) is 0 Å². The highest BCUT2D eigenvalue weighted by molar-refractivity contribution is 7.78. The molecule has 1 rings (SSSR count). The number of thiocarbonyl (C=S) groups is 1. The van der Waals surface area contributed by atoms with Gasteiger partial charge >= 0.3 is 0 Å². The maximum Gasteiger partial charge on any atom is 0.136 e. The van der Waals surface area contributed by atoms with Crippen LogP contribution >= 0.6 is 12.2 Å². The molecule has 1 saturated heterocycles. The quantitative estimate of drug-likeness (QED) is 0.490. The molecule has 1 aliphatic heterocycles.